The minimum absolute atomic E-state index is 0.105. The highest BCUT2D eigenvalue weighted by molar-refractivity contribution is 5.28. The van der Waals surface area contributed by atoms with E-state index in [0.29, 0.717) is 13.2 Å². The zero-order chi connectivity index (χ0) is 16.5. The molecule has 0 aliphatic rings. The van der Waals surface area contributed by atoms with Gasteiger partial charge in [0.05, 0.1) is 0 Å². The fraction of sp³-hybridized carbons (Fsp3) is 0.400. The van der Waals surface area contributed by atoms with Crippen LogP contribution in [0.15, 0.2) is 48.5 Å². The topological polar surface area (TPSA) is 27.7 Å². The van der Waals surface area contributed by atoms with Gasteiger partial charge < -0.3 is 14.2 Å². The molecule has 3 heteroatoms. The molecule has 0 N–H and O–H groups in total. The van der Waals surface area contributed by atoms with E-state index >= 15 is 0 Å². The molecule has 0 radical (unpaired) electrons. The number of methoxy groups -OCH3 is 1. The van der Waals surface area contributed by atoms with Crippen LogP contribution in [0.3, 0.4) is 0 Å². The van der Waals surface area contributed by atoms with Crippen LogP contribution in [0.4, 0.5) is 0 Å². The van der Waals surface area contributed by atoms with E-state index in [1.807, 2.05) is 24.3 Å². The van der Waals surface area contributed by atoms with E-state index in [1.54, 1.807) is 7.11 Å². The molecule has 0 aliphatic carbocycles. The van der Waals surface area contributed by atoms with Gasteiger partial charge in [0.2, 0.25) is 0 Å². The zero-order valence-corrected chi connectivity index (χ0v) is 14.2. The van der Waals surface area contributed by atoms with Gasteiger partial charge in [-0.05, 0) is 48.2 Å². The molecule has 2 aromatic carbocycles. The maximum Gasteiger partial charge on any atom is 0.125 e. The van der Waals surface area contributed by atoms with Crippen molar-refractivity contribution in [2.24, 2.45) is 0 Å². The number of hydrogen-bond acceptors (Lipinski definition) is 3. The van der Waals surface area contributed by atoms with Crippen LogP contribution >= 0.6 is 0 Å². The van der Waals surface area contributed by atoms with Crippen LogP contribution in [0, 0.1) is 0 Å². The van der Waals surface area contributed by atoms with Crippen LogP contribution in [0.2, 0.25) is 0 Å². The van der Waals surface area contributed by atoms with Gasteiger partial charge >= 0.3 is 0 Å². The monoisotopic (exact) mass is 314 g/mol. The van der Waals surface area contributed by atoms with Gasteiger partial charge in [0.1, 0.15) is 30.8 Å². The predicted molar refractivity (Wildman–Crippen MR) is 93.4 cm³/mol. The second-order valence-electron chi connectivity index (χ2n) is 5.47. The molecular weight excluding hydrogens is 288 g/mol. The van der Waals surface area contributed by atoms with Crippen molar-refractivity contribution in [2.75, 3.05) is 20.3 Å². The molecule has 2 aromatic rings. The number of rotatable bonds is 9. The van der Waals surface area contributed by atoms with Crippen molar-refractivity contribution < 1.29 is 14.2 Å². The highest BCUT2D eigenvalue weighted by Crippen LogP contribution is 2.15. The molecule has 0 aliphatic heterocycles. The van der Waals surface area contributed by atoms with Crippen molar-refractivity contribution in [2.45, 2.75) is 32.8 Å². The summed E-state index contributed by atoms with van der Waals surface area (Å²) >= 11 is 0. The minimum atomic E-state index is -0.105. The third-order valence-electron chi connectivity index (χ3n) is 3.87. The summed E-state index contributed by atoms with van der Waals surface area (Å²) in [6.45, 7) is 5.21. The number of benzene rings is 2. The van der Waals surface area contributed by atoms with E-state index in [0.717, 1.165) is 24.3 Å². The second kappa shape index (κ2) is 9.21. The Hall–Kier alpha value is -2.00. The SMILES string of the molecule is CCc1ccc(OCC(COc2ccc(CC)cc2)OC)cc1. The first-order chi connectivity index (χ1) is 11.2. The standard InChI is InChI=1S/C20H26O3/c1-4-16-6-10-18(11-7-16)22-14-20(21-3)15-23-19-12-8-17(5-2)9-13-19/h6-13,20H,4-5,14-15H2,1-3H3. The van der Waals surface area contributed by atoms with Crippen molar-refractivity contribution in [3.05, 3.63) is 59.7 Å². The van der Waals surface area contributed by atoms with Crippen molar-refractivity contribution in [1.29, 1.82) is 0 Å². The average Bonchev–Trinajstić information content (AvgIpc) is 2.62. The first kappa shape index (κ1) is 17.4. The summed E-state index contributed by atoms with van der Waals surface area (Å²) in [7, 11) is 1.68. The Bertz CT molecular complexity index is 509. The van der Waals surface area contributed by atoms with Gasteiger partial charge in [0.25, 0.3) is 0 Å². The summed E-state index contributed by atoms with van der Waals surface area (Å²) in [5, 5.41) is 0. The normalized spacial score (nSPS) is 10.8. The first-order valence-electron chi connectivity index (χ1n) is 8.21. The minimum Gasteiger partial charge on any atom is -0.491 e. The van der Waals surface area contributed by atoms with Crippen molar-refractivity contribution >= 4 is 0 Å². The van der Waals surface area contributed by atoms with Crippen molar-refractivity contribution in [1.82, 2.24) is 0 Å². The van der Waals surface area contributed by atoms with Crippen LogP contribution in [0.25, 0.3) is 0 Å². The molecule has 2 rings (SSSR count). The maximum absolute atomic E-state index is 5.78. The number of aryl methyl sites for hydroxylation is 2. The lowest BCUT2D eigenvalue weighted by atomic mass is 10.2. The van der Waals surface area contributed by atoms with Gasteiger partial charge in [-0.2, -0.15) is 0 Å². The summed E-state index contributed by atoms with van der Waals surface area (Å²) in [6, 6.07) is 16.3. The average molecular weight is 314 g/mol. The summed E-state index contributed by atoms with van der Waals surface area (Å²) in [4.78, 5) is 0. The lowest BCUT2D eigenvalue weighted by Crippen LogP contribution is -2.27. The highest BCUT2D eigenvalue weighted by atomic mass is 16.6. The first-order valence-corrected chi connectivity index (χ1v) is 8.21. The molecule has 0 spiro atoms. The van der Waals surface area contributed by atoms with E-state index in [-0.39, 0.29) is 6.10 Å². The van der Waals surface area contributed by atoms with E-state index in [1.165, 1.54) is 11.1 Å². The molecule has 23 heavy (non-hydrogen) atoms. The summed E-state index contributed by atoms with van der Waals surface area (Å²) in [5.41, 5.74) is 2.61. The number of ether oxygens (including phenoxy) is 3. The number of hydrogen-bond donors (Lipinski definition) is 0. The second-order valence-corrected chi connectivity index (χ2v) is 5.47. The smallest absolute Gasteiger partial charge is 0.125 e. The lowest BCUT2D eigenvalue weighted by Gasteiger charge is -2.17. The van der Waals surface area contributed by atoms with E-state index in [9.17, 15) is 0 Å². The van der Waals surface area contributed by atoms with Crippen LogP contribution in [-0.2, 0) is 17.6 Å². The van der Waals surface area contributed by atoms with Gasteiger partial charge in [-0.15, -0.1) is 0 Å². The fourth-order valence-electron chi connectivity index (χ4n) is 2.21. The largest absolute Gasteiger partial charge is 0.491 e. The highest BCUT2D eigenvalue weighted by Gasteiger charge is 2.10. The van der Waals surface area contributed by atoms with Gasteiger partial charge in [-0.25, -0.2) is 0 Å². The maximum atomic E-state index is 5.78. The Kier molecular flexibility index (Phi) is 6.95. The quantitative estimate of drug-likeness (QED) is 0.691. The van der Waals surface area contributed by atoms with Gasteiger partial charge in [0, 0.05) is 7.11 Å². The Morgan fingerprint density at radius 2 is 1.09 bits per heavy atom. The fourth-order valence-corrected chi connectivity index (χ4v) is 2.21. The molecule has 0 saturated heterocycles. The molecular formula is C20H26O3. The van der Waals surface area contributed by atoms with E-state index in [2.05, 4.69) is 38.1 Å². The molecule has 0 bridgehead atoms. The summed E-state index contributed by atoms with van der Waals surface area (Å²) in [5.74, 6) is 1.72. The Balaban J connectivity index is 1.79. The molecule has 0 heterocycles. The van der Waals surface area contributed by atoms with Crippen LogP contribution in [-0.4, -0.2) is 26.4 Å². The Morgan fingerprint density at radius 1 is 0.696 bits per heavy atom. The van der Waals surface area contributed by atoms with Crippen molar-refractivity contribution in [3.63, 3.8) is 0 Å². The molecule has 0 atom stereocenters. The molecule has 0 aromatic heterocycles. The van der Waals surface area contributed by atoms with Gasteiger partial charge in [-0.3, -0.25) is 0 Å². The molecule has 0 amide bonds. The van der Waals surface area contributed by atoms with Crippen LogP contribution < -0.4 is 9.47 Å². The summed E-state index contributed by atoms with van der Waals surface area (Å²) in [6.07, 6.45) is 1.96. The Morgan fingerprint density at radius 3 is 1.39 bits per heavy atom. The van der Waals surface area contributed by atoms with Crippen LogP contribution in [0.1, 0.15) is 25.0 Å². The Labute approximate surface area is 139 Å². The molecule has 0 unspecified atom stereocenters. The summed E-state index contributed by atoms with van der Waals surface area (Å²) < 4.78 is 17.0. The molecule has 3 nitrogen and oxygen atoms in total. The third-order valence-corrected chi connectivity index (χ3v) is 3.87. The van der Waals surface area contributed by atoms with Gasteiger partial charge in [0.15, 0.2) is 0 Å². The predicted octanol–water partition coefficient (Wildman–Crippen LogP) is 4.28. The van der Waals surface area contributed by atoms with E-state index in [4.69, 9.17) is 14.2 Å². The molecule has 0 saturated carbocycles. The molecule has 0 fully saturated rings. The molecule has 124 valence electrons. The van der Waals surface area contributed by atoms with Crippen LogP contribution in [0.5, 0.6) is 11.5 Å². The lowest BCUT2D eigenvalue weighted by molar-refractivity contribution is 0.0237. The van der Waals surface area contributed by atoms with Gasteiger partial charge in [-0.1, -0.05) is 38.1 Å². The third kappa shape index (κ3) is 5.61. The zero-order valence-electron chi connectivity index (χ0n) is 14.2. The van der Waals surface area contributed by atoms with Crippen molar-refractivity contribution in [3.8, 4) is 11.5 Å². The van der Waals surface area contributed by atoms with E-state index < -0.39 is 0 Å².